The highest BCUT2D eigenvalue weighted by Gasteiger charge is 2.54. The Morgan fingerprint density at radius 3 is 2.06 bits per heavy atom. The Balaban J connectivity index is 1.32. The number of hydrogen-bond acceptors (Lipinski definition) is 3. The Kier molecular flexibility index (Phi) is 5.99. The molecule has 4 saturated carbocycles. The first kappa shape index (κ1) is 21.9. The minimum absolute atomic E-state index is 0.0276. The first-order valence-corrected chi connectivity index (χ1v) is 12.5. The molecule has 4 bridgehead atoms. The zero-order valence-electron chi connectivity index (χ0n) is 19.3. The summed E-state index contributed by atoms with van der Waals surface area (Å²) < 4.78 is 13.5. The third-order valence-corrected chi connectivity index (χ3v) is 8.52. The van der Waals surface area contributed by atoms with Gasteiger partial charge in [0.1, 0.15) is 5.82 Å². The lowest BCUT2D eigenvalue weighted by Crippen LogP contribution is -2.62. The summed E-state index contributed by atoms with van der Waals surface area (Å²) in [7, 11) is 0. The normalized spacial score (nSPS) is 31.7. The molecule has 4 aliphatic carbocycles. The van der Waals surface area contributed by atoms with Gasteiger partial charge in [-0.2, -0.15) is 0 Å². The van der Waals surface area contributed by atoms with Gasteiger partial charge in [-0.1, -0.05) is 19.1 Å². The van der Waals surface area contributed by atoms with Crippen LogP contribution >= 0.6 is 0 Å². The standard InChI is InChI=1S/C26H36FN3O2/c1-2-24(31)29-9-7-28(8-10-29)18-25(32)30(17-19-3-5-23(27)6-4-19)26-14-20-11-21(15-26)13-22(12-20)16-26/h3-6,20-22H,2,7-18H2,1H3. The molecule has 0 radical (unpaired) electrons. The van der Waals surface area contributed by atoms with Gasteiger partial charge in [-0.25, -0.2) is 4.39 Å². The van der Waals surface area contributed by atoms with E-state index in [4.69, 9.17) is 0 Å². The molecular weight excluding hydrogens is 405 g/mol. The van der Waals surface area contributed by atoms with Gasteiger partial charge in [0.15, 0.2) is 0 Å². The summed E-state index contributed by atoms with van der Waals surface area (Å²) in [6, 6.07) is 6.65. The highest BCUT2D eigenvalue weighted by atomic mass is 19.1. The fourth-order valence-electron chi connectivity index (χ4n) is 7.34. The average Bonchev–Trinajstić information content (AvgIpc) is 2.77. The third kappa shape index (κ3) is 4.30. The summed E-state index contributed by atoms with van der Waals surface area (Å²) >= 11 is 0. The van der Waals surface area contributed by atoms with Gasteiger partial charge in [-0.05, 0) is 74.0 Å². The number of hydrogen-bond donors (Lipinski definition) is 0. The summed E-state index contributed by atoms with van der Waals surface area (Å²) in [4.78, 5) is 32.1. The van der Waals surface area contributed by atoms with E-state index in [9.17, 15) is 14.0 Å². The smallest absolute Gasteiger partial charge is 0.237 e. The molecule has 5 aliphatic rings. The van der Waals surface area contributed by atoms with Crippen LogP contribution in [0.1, 0.15) is 57.4 Å². The van der Waals surface area contributed by atoms with Crippen LogP contribution in [0.15, 0.2) is 24.3 Å². The molecular formula is C26H36FN3O2. The maximum absolute atomic E-state index is 13.8. The van der Waals surface area contributed by atoms with Crippen LogP contribution in [-0.4, -0.2) is 64.8 Å². The lowest BCUT2D eigenvalue weighted by molar-refractivity contribution is -0.154. The third-order valence-electron chi connectivity index (χ3n) is 8.52. The number of rotatable bonds is 6. The first-order valence-electron chi connectivity index (χ1n) is 12.5. The second-order valence-corrected chi connectivity index (χ2v) is 10.8. The molecule has 5 fully saturated rings. The molecule has 1 aromatic carbocycles. The molecule has 1 heterocycles. The zero-order valence-corrected chi connectivity index (χ0v) is 19.3. The number of nitrogens with zero attached hydrogens (tertiary/aromatic N) is 3. The highest BCUT2D eigenvalue weighted by Crippen LogP contribution is 2.58. The Morgan fingerprint density at radius 1 is 0.969 bits per heavy atom. The lowest BCUT2D eigenvalue weighted by Gasteiger charge is -2.60. The molecule has 0 N–H and O–H groups in total. The molecule has 2 amide bonds. The summed E-state index contributed by atoms with van der Waals surface area (Å²) in [5.74, 6) is 2.44. The van der Waals surface area contributed by atoms with Crippen molar-refractivity contribution in [3.8, 4) is 0 Å². The van der Waals surface area contributed by atoms with Gasteiger partial charge in [0.05, 0.1) is 6.54 Å². The molecule has 0 spiro atoms. The van der Waals surface area contributed by atoms with E-state index in [1.165, 1.54) is 31.4 Å². The lowest BCUT2D eigenvalue weighted by atomic mass is 9.52. The second-order valence-electron chi connectivity index (χ2n) is 10.8. The molecule has 0 aromatic heterocycles. The highest BCUT2D eigenvalue weighted by molar-refractivity contribution is 5.79. The average molecular weight is 442 g/mol. The van der Waals surface area contributed by atoms with E-state index in [-0.39, 0.29) is 23.2 Å². The van der Waals surface area contributed by atoms with E-state index in [1.54, 1.807) is 0 Å². The molecule has 0 unspecified atom stereocenters. The van der Waals surface area contributed by atoms with Crippen LogP contribution in [0.4, 0.5) is 4.39 Å². The molecule has 174 valence electrons. The van der Waals surface area contributed by atoms with Crippen molar-refractivity contribution in [2.75, 3.05) is 32.7 Å². The van der Waals surface area contributed by atoms with E-state index in [0.29, 0.717) is 32.6 Å². The Hall–Kier alpha value is -1.95. The van der Waals surface area contributed by atoms with Gasteiger partial charge in [-0.15, -0.1) is 0 Å². The van der Waals surface area contributed by atoms with Crippen molar-refractivity contribution in [3.05, 3.63) is 35.6 Å². The topological polar surface area (TPSA) is 43.9 Å². The number of piperazine rings is 1. The van der Waals surface area contributed by atoms with E-state index >= 15 is 0 Å². The van der Waals surface area contributed by atoms with Crippen molar-refractivity contribution in [3.63, 3.8) is 0 Å². The van der Waals surface area contributed by atoms with E-state index in [1.807, 2.05) is 24.0 Å². The summed E-state index contributed by atoms with van der Waals surface area (Å²) in [5.41, 5.74) is 0.981. The van der Waals surface area contributed by atoms with Gasteiger partial charge in [0, 0.05) is 44.7 Å². The van der Waals surface area contributed by atoms with Crippen molar-refractivity contribution in [1.29, 1.82) is 0 Å². The van der Waals surface area contributed by atoms with Crippen molar-refractivity contribution in [1.82, 2.24) is 14.7 Å². The maximum atomic E-state index is 13.8. The number of halogens is 1. The predicted octanol–water partition coefficient (Wildman–Crippen LogP) is 3.68. The van der Waals surface area contributed by atoms with Crippen molar-refractivity contribution < 1.29 is 14.0 Å². The van der Waals surface area contributed by atoms with Crippen molar-refractivity contribution in [2.24, 2.45) is 17.8 Å². The van der Waals surface area contributed by atoms with Gasteiger partial charge in [-0.3, -0.25) is 14.5 Å². The van der Waals surface area contributed by atoms with Crippen LogP contribution in [0.25, 0.3) is 0 Å². The molecule has 1 aromatic rings. The van der Waals surface area contributed by atoms with E-state index in [2.05, 4.69) is 9.80 Å². The monoisotopic (exact) mass is 441 g/mol. The number of benzene rings is 1. The largest absolute Gasteiger partial charge is 0.340 e. The van der Waals surface area contributed by atoms with Crippen LogP contribution in [-0.2, 0) is 16.1 Å². The number of carbonyl (C=O) groups excluding carboxylic acids is 2. The molecule has 0 atom stereocenters. The van der Waals surface area contributed by atoms with Crippen LogP contribution in [0.2, 0.25) is 0 Å². The van der Waals surface area contributed by atoms with Gasteiger partial charge in [0.25, 0.3) is 0 Å². The summed E-state index contributed by atoms with van der Waals surface area (Å²) in [6.45, 7) is 5.80. The van der Waals surface area contributed by atoms with E-state index in [0.717, 1.165) is 55.7 Å². The van der Waals surface area contributed by atoms with Crippen molar-refractivity contribution >= 4 is 11.8 Å². The molecule has 1 aliphatic heterocycles. The van der Waals surface area contributed by atoms with Gasteiger partial charge < -0.3 is 9.80 Å². The molecule has 6 heteroatoms. The van der Waals surface area contributed by atoms with Gasteiger partial charge in [0.2, 0.25) is 11.8 Å². The number of amides is 2. The van der Waals surface area contributed by atoms with E-state index < -0.39 is 0 Å². The first-order chi connectivity index (χ1) is 15.4. The second kappa shape index (κ2) is 8.77. The Labute approximate surface area is 190 Å². The SMILES string of the molecule is CCC(=O)N1CCN(CC(=O)N(Cc2ccc(F)cc2)C23CC4CC(CC(C4)C2)C3)CC1. The quantitative estimate of drug-likeness (QED) is 0.677. The maximum Gasteiger partial charge on any atom is 0.237 e. The van der Waals surface area contributed by atoms with Crippen LogP contribution in [0, 0.1) is 23.6 Å². The van der Waals surface area contributed by atoms with Crippen LogP contribution in [0.5, 0.6) is 0 Å². The zero-order chi connectivity index (χ0) is 22.3. The minimum atomic E-state index is -0.235. The van der Waals surface area contributed by atoms with Gasteiger partial charge >= 0.3 is 0 Å². The van der Waals surface area contributed by atoms with Crippen molar-refractivity contribution in [2.45, 2.75) is 64.0 Å². The molecule has 5 nitrogen and oxygen atoms in total. The fourth-order valence-corrected chi connectivity index (χ4v) is 7.34. The molecule has 1 saturated heterocycles. The Bertz CT molecular complexity index is 812. The summed E-state index contributed by atoms with van der Waals surface area (Å²) in [5, 5.41) is 0. The summed E-state index contributed by atoms with van der Waals surface area (Å²) in [6.07, 6.45) is 7.94. The molecule has 6 rings (SSSR count). The van der Waals surface area contributed by atoms with Crippen LogP contribution < -0.4 is 0 Å². The Morgan fingerprint density at radius 2 is 1.53 bits per heavy atom. The predicted molar refractivity (Wildman–Crippen MR) is 121 cm³/mol. The minimum Gasteiger partial charge on any atom is -0.340 e. The fraction of sp³-hybridized carbons (Fsp3) is 0.692. The van der Waals surface area contributed by atoms with Crippen LogP contribution in [0.3, 0.4) is 0 Å². The number of carbonyl (C=O) groups is 2. The molecule has 32 heavy (non-hydrogen) atoms.